The summed E-state index contributed by atoms with van der Waals surface area (Å²) in [4.78, 5) is 145. The lowest BCUT2D eigenvalue weighted by molar-refractivity contribution is 0.0501. The van der Waals surface area contributed by atoms with Gasteiger partial charge >= 0.3 is 0 Å². The number of imide groups is 4. The maximum Gasteiger partial charge on any atom is 0.266 e. The van der Waals surface area contributed by atoms with Crippen molar-refractivity contribution in [2.75, 3.05) is 9.80 Å². The van der Waals surface area contributed by atoms with E-state index in [2.05, 4.69) is 128 Å². The van der Waals surface area contributed by atoms with Gasteiger partial charge in [0.2, 0.25) is 0 Å². The molecule has 12 nitrogen and oxygen atoms in total. The Labute approximate surface area is 913 Å². The SMILES string of the molecule is CCCCCCc1cc(-c2cc(CCCCCC)c(-c3ccc(-c4ccc(-c5sc(N6C(=O)c7ccc8c9ccc%10c%11c(ccc(c%12ccc(c7c8%12)C6=O)c%119)C(=O)N(C(CCCCCC)CCCCCC)C%10=O)cc5CCCCCC)s4)s3)s2)sc1-c1ccc(-c2ccc(-c3sc(N4C(=O)c5ccc6c7ccc8c9c(ccc(c%10ccc(c5c6%10)C4=O)c97)C(=O)N(C(CCCCCC)CCCCCC)C8=O)cc3CCCCCC)s2)s1. The van der Waals surface area contributed by atoms with Crippen LogP contribution in [0.5, 0.6) is 0 Å². The van der Waals surface area contributed by atoms with Gasteiger partial charge in [-0.05, 0) is 285 Å². The van der Waals surface area contributed by atoms with E-state index in [9.17, 15) is 19.2 Å². The van der Waals surface area contributed by atoms with Crippen LogP contribution in [0.1, 0.15) is 392 Å². The van der Waals surface area contributed by atoms with Crippen molar-refractivity contribution in [2.24, 2.45) is 0 Å². The highest BCUT2D eigenvalue weighted by Crippen LogP contribution is 2.57. The third kappa shape index (κ3) is 19.0. The molecule has 0 radical (unpaired) electrons. The number of hydrogen-bond donors (Lipinski definition) is 0. The molecule has 18 aromatic rings. The van der Waals surface area contributed by atoms with Crippen LogP contribution in [0.4, 0.5) is 10.0 Å². The molecular formula is C130H134N4O8S8. The minimum atomic E-state index is -0.341. The molecule has 12 heterocycles. The van der Waals surface area contributed by atoms with E-state index in [1.54, 1.807) is 55.1 Å². The summed E-state index contributed by atoms with van der Waals surface area (Å²) in [5.74, 6) is -2.23. The lowest BCUT2D eigenvalue weighted by atomic mass is 9.82. The molecule has 0 aliphatic carbocycles. The van der Waals surface area contributed by atoms with Crippen molar-refractivity contribution in [3.8, 4) is 68.3 Å². The molecule has 770 valence electrons. The molecule has 0 fully saturated rings. The van der Waals surface area contributed by atoms with Gasteiger partial charge in [-0.3, -0.25) is 48.2 Å². The van der Waals surface area contributed by atoms with Crippen LogP contribution in [-0.2, 0) is 25.7 Å². The molecule has 10 aromatic carbocycles. The Bertz CT molecular complexity index is 7490. The van der Waals surface area contributed by atoms with Gasteiger partial charge in [0.15, 0.2) is 0 Å². The third-order valence-electron chi connectivity index (χ3n) is 32.5. The second-order valence-electron chi connectivity index (χ2n) is 42.5. The van der Waals surface area contributed by atoms with Crippen LogP contribution >= 0.6 is 90.7 Å². The largest absolute Gasteiger partial charge is 0.271 e. The highest BCUT2D eigenvalue weighted by molar-refractivity contribution is 7.32. The first-order valence-electron chi connectivity index (χ1n) is 56.3. The Kier molecular flexibility index (Phi) is 31.2. The molecular weight excluding hydrogens is 2000 g/mol. The van der Waals surface area contributed by atoms with Gasteiger partial charge in [-0.2, -0.15) is 0 Å². The number of amides is 8. The van der Waals surface area contributed by atoms with Crippen molar-refractivity contribution >= 4 is 234 Å². The van der Waals surface area contributed by atoms with Gasteiger partial charge < -0.3 is 0 Å². The Morgan fingerprint density at radius 3 is 0.613 bits per heavy atom. The Balaban J connectivity index is 0.528. The number of carbonyl (C=O) groups excluding carboxylic acids is 8. The second-order valence-corrected chi connectivity index (χ2v) is 51.0. The number of carbonyl (C=O) groups is 8. The summed E-state index contributed by atoms with van der Waals surface area (Å²) in [7, 11) is 0. The molecule has 0 atom stereocenters. The molecule has 0 saturated carbocycles. The summed E-state index contributed by atoms with van der Waals surface area (Å²) in [6.07, 6.45) is 42.1. The zero-order chi connectivity index (χ0) is 103. The Hall–Kier alpha value is -11.0. The number of unbranched alkanes of at least 4 members (excludes halogenated alkanes) is 24. The summed E-state index contributed by atoms with van der Waals surface area (Å²) < 4.78 is 0. The van der Waals surface area contributed by atoms with E-state index in [-0.39, 0.29) is 59.3 Å². The summed E-state index contributed by atoms with van der Waals surface area (Å²) in [5, 5.41) is 14.5. The minimum absolute atomic E-state index is 0.167. The number of aryl methyl sites for hydroxylation is 4. The van der Waals surface area contributed by atoms with Crippen LogP contribution in [0.2, 0.25) is 0 Å². The predicted octanol–water partition coefficient (Wildman–Crippen LogP) is 39.9. The molecule has 0 N–H and O–H groups in total. The quantitative estimate of drug-likeness (QED) is 0.0158. The van der Waals surface area contributed by atoms with E-state index in [1.165, 1.54) is 108 Å². The van der Waals surface area contributed by atoms with Crippen molar-refractivity contribution in [3.05, 3.63) is 237 Å². The van der Waals surface area contributed by atoms with Gasteiger partial charge in [-0.15, -0.1) is 90.7 Å². The fourth-order valence-corrected chi connectivity index (χ4v) is 34.4. The van der Waals surface area contributed by atoms with E-state index in [0.29, 0.717) is 76.1 Å². The molecule has 0 bridgehead atoms. The molecule has 0 unspecified atom stereocenters. The van der Waals surface area contributed by atoms with E-state index < -0.39 is 0 Å². The van der Waals surface area contributed by atoms with Crippen LogP contribution < -0.4 is 9.80 Å². The number of fused-ring (bicyclic) bond motifs is 4. The van der Waals surface area contributed by atoms with Crippen molar-refractivity contribution in [1.82, 2.24) is 9.80 Å². The molecule has 8 amide bonds. The first-order chi connectivity index (χ1) is 73.5. The molecule has 8 aromatic heterocycles. The third-order valence-corrected chi connectivity index (χ3v) is 42.9. The Morgan fingerprint density at radius 2 is 0.387 bits per heavy atom. The Morgan fingerprint density at radius 1 is 0.187 bits per heavy atom. The molecule has 0 saturated heterocycles. The first-order valence-corrected chi connectivity index (χ1v) is 62.9. The number of nitrogens with zero attached hydrogens (tertiary/aromatic N) is 4. The van der Waals surface area contributed by atoms with Crippen LogP contribution in [0.15, 0.2) is 170 Å². The van der Waals surface area contributed by atoms with Crippen molar-refractivity contribution in [3.63, 3.8) is 0 Å². The number of anilines is 2. The average Bonchev–Trinajstić information content (AvgIpc) is 0.814. The molecule has 4 aliphatic rings. The van der Waals surface area contributed by atoms with Crippen molar-refractivity contribution in [1.29, 1.82) is 0 Å². The molecule has 20 heteroatoms. The number of rotatable bonds is 51. The molecule has 0 spiro atoms. The maximum absolute atomic E-state index is 15.6. The minimum Gasteiger partial charge on any atom is -0.271 e. The van der Waals surface area contributed by atoms with E-state index in [0.717, 1.165) is 314 Å². The maximum atomic E-state index is 15.6. The van der Waals surface area contributed by atoms with Gasteiger partial charge in [0.1, 0.15) is 10.0 Å². The normalized spacial score (nSPS) is 13.9. The van der Waals surface area contributed by atoms with E-state index >= 15 is 19.2 Å². The average molecular weight is 2140 g/mol. The van der Waals surface area contributed by atoms with Gasteiger partial charge in [0.05, 0.1) is 0 Å². The van der Waals surface area contributed by atoms with E-state index in [1.807, 2.05) is 142 Å². The van der Waals surface area contributed by atoms with Crippen LogP contribution in [0.25, 0.3) is 154 Å². The fraction of sp³-hybridized carbons (Fsp3) is 0.385. The second kappa shape index (κ2) is 45.3. The van der Waals surface area contributed by atoms with Crippen LogP contribution in [0.3, 0.4) is 0 Å². The monoisotopic (exact) mass is 2130 g/mol. The highest BCUT2D eigenvalue weighted by Gasteiger charge is 2.45. The van der Waals surface area contributed by atoms with Gasteiger partial charge in [-0.1, -0.05) is 284 Å². The topological polar surface area (TPSA) is 150 Å². The number of thiophene rings is 8. The molecule has 4 aliphatic heterocycles. The van der Waals surface area contributed by atoms with Crippen LogP contribution in [0, 0.1) is 0 Å². The fourth-order valence-electron chi connectivity index (χ4n) is 24.7. The van der Waals surface area contributed by atoms with E-state index in [4.69, 9.17) is 0 Å². The number of benzene rings is 10. The highest BCUT2D eigenvalue weighted by atomic mass is 32.1. The van der Waals surface area contributed by atoms with Gasteiger partial charge in [0, 0.05) is 146 Å². The first kappa shape index (κ1) is 103. The van der Waals surface area contributed by atoms with Crippen LogP contribution in [-0.4, -0.2) is 69.1 Å². The molecule has 22 rings (SSSR count). The predicted molar refractivity (Wildman–Crippen MR) is 640 cm³/mol. The van der Waals surface area contributed by atoms with Gasteiger partial charge in [-0.25, -0.2) is 9.80 Å². The zero-order valence-corrected chi connectivity index (χ0v) is 94.5. The summed E-state index contributed by atoms with van der Waals surface area (Å²) in [6.45, 7) is 17.9. The lowest BCUT2D eigenvalue weighted by Gasteiger charge is -2.35. The lowest BCUT2D eigenvalue weighted by Crippen LogP contribution is -2.47. The van der Waals surface area contributed by atoms with Crippen molar-refractivity contribution < 1.29 is 38.4 Å². The smallest absolute Gasteiger partial charge is 0.266 e. The zero-order valence-electron chi connectivity index (χ0n) is 87.9. The summed E-state index contributed by atoms with van der Waals surface area (Å²) in [6, 6.07) is 58.8. The summed E-state index contributed by atoms with van der Waals surface area (Å²) in [5.41, 5.74) is 9.27. The standard InChI is InChI=1S/C130H134N4O8S8/c1-9-17-25-33-41-77-73-107(147-119(77)103-69-65-99(143-103)101-67-71-105(145-101)121-79(43-35-27-19-11-3)75-109(149-121)133-127(139)95-61-53-87-83-49-57-91-115-92(58-50-84(111(83)115)88-54-62-96(128(133)140)117(95)113(87)88)124(136)131(123(91)135)81(45-37-29-21-13-5)46-38-30-22-14-6)108-74-78(42-34-26-18-10-2)120(148-108)104-70-66-100(144-104)102-68-72-106(146-102)122-80(44-36-28-20-12-4)76-110(150-122)134-129(141)97-63-55-89-85-51-59-93-116-94(60-52-86(112(85)116)90-56-64-98(130(134)142)118(97)114(89)90)126(138)132(125(93)137)82(47-39-31-23-15-7)48-40-32-24-16-8/h49-76,81-82H,9-48H2,1-8H3. The molecule has 150 heavy (non-hydrogen) atoms. The van der Waals surface area contributed by atoms with Crippen molar-refractivity contribution in [2.45, 2.75) is 324 Å². The van der Waals surface area contributed by atoms with Gasteiger partial charge in [0.25, 0.3) is 47.3 Å². The summed E-state index contributed by atoms with van der Waals surface area (Å²) >= 11 is 14.3. The number of hydrogen-bond acceptors (Lipinski definition) is 16.